The zero-order valence-electron chi connectivity index (χ0n) is 10.5. The molecule has 2 aromatic carbocycles. The number of hydrogen-bond donors (Lipinski definition) is 1. The summed E-state index contributed by atoms with van der Waals surface area (Å²) in [5, 5.41) is 9.59. The molecule has 2 aromatic rings. The molecule has 98 valence electrons. The van der Waals surface area contributed by atoms with Crippen molar-refractivity contribution >= 4 is 23.3 Å². The van der Waals surface area contributed by atoms with E-state index in [1.54, 1.807) is 24.3 Å². The number of carboxylic acids is 1. The lowest BCUT2D eigenvalue weighted by atomic mass is 10.1. The summed E-state index contributed by atoms with van der Waals surface area (Å²) >= 11 is 6.12. The van der Waals surface area contributed by atoms with E-state index in [1.165, 1.54) is 0 Å². The molecule has 0 bridgehead atoms. The van der Waals surface area contributed by atoms with Gasteiger partial charge in [0.25, 0.3) is 0 Å². The van der Waals surface area contributed by atoms with Crippen molar-refractivity contribution < 1.29 is 9.90 Å². The maximum Gasteiger partial charge on any atom is 0.335 e. The molecule has 0 aliphatic heterocycles. The molecular weight excluding hydrogens is 262 g/mol. The van der Waals surface area contributed by atoms with Crippen LogP contribution in [0, 0.1) is 0 Å². The molecule has 2 rings (SSSR count). The average molecular weight is 276 g/mol. The fourth-order valence-corrected chi connectivity index (χ4v) is 2.03. The van der Waals surface area contributed by atoms with Crippen molar-refractivity contribution in [1.29, 1.82) is 0 Å². The van der Waals surface area contributed by atoms with E-state index in [0.29, 0.717) is 6.54 Å². The largest absolute Gasteiger partial charge is 0.478 e. The van der Waals surface area contributed by atoms with Gasteiger partial charge in [0.15, 0.2) is 0 Å². The summed E-state index contributed by atoms with van der Waals surface area (Å²) < 4.78 is 0. The number of carbonyl (C=O) groups is 1. The maximum absolute atomic E-state index is 10.8. The van der Waals surface area contributed by atoms with E-state index in [0.717, 1.165) is 16.3 Å². The molecule has 0 saturated heterocycles. The van der Waals surface area contributed by atoms with Crippen LogP contribution in [0.3, 0.4) is 0 Å². The second kappa shape index (κ2) is 5.76. The van der Waals surface area contributed by atoms with E-state index in [1.807, 2.05) is 36.2 Å². The van der Waals surface area contributed by atoms with E-state index in [2.05, 4.69) is 0 Å². The topological polar surface area (TPSA) is 40.5 Å². The smallest absolute Gasteiger partial charge is 0.335 e. The lowest BCUT2D eigenvalue weighted by molar-refractivity contribution is 0.0697. The van der Waals surface area contributed by atoms with Crippen molar-refractivity contribution in [2.45, 2.75) is 6.54 Å². The molecule has 0 unspecified atom stereocenters. The Hall–Kier alpha value is -2.00. The van der Waals surface area contributed by atoms with Crippen LogP contribution in [0.4, 0.5) is 5.69 Å². The zero-order valence-corrected chi connectivity index (χ0v) is 11.3. The van der Waals surface area contributed by atoms with Crippen LogP contribution in [0.1, 0.15) is 15.9 Å². The number of aromatic carboxylic acids is 1. The number of hydrogen-bond acceptors (Lipinski definition) is 2. The Morgan fingerprint density at radius 2 is 1.79 bits per heavy atom. The monoisotopic (exact) mass is 275 g/mol. The van der Waals surface area contributed by atoms with Gasteiger partial charge in [-0.15, -0.1) is 0 Å². The summed E-state index contributed by atoms with van der Waals surface area (Å²) in [7, 11) is 1.94. The van der Waals surface area contributed by atoms with Gasteiger partial charge in [-0.1, -0.05) is 29.8 Å². The van der Waals surface area contributed by atoms with E-state index in [-0.39, 0.29) is 5.56 Å². The highest BCUT2D eigenvalue weighted by molar-refractivity contribution is 6.31. The first-order valence-corrected chi connectivity index (χ1v) is 6.23. The third-order valence-electron chi connectivity index (χ3n) is 2.92. The first-order chi connectivity index (χ1) is 9.08. The highest BCUT2D eigenvalue weighted by Crippen LogP contribution is 2.20. The van der Waals surface area contributed by atoms with Crippen LogP contribution in [0.15, 0.2) is 48.5 Å². The summed E-state index contributed by atoms with van der Waals surface area (Å²) in [5.74, 6) is -0.916. The molecule has 4 heteroatoms. The molecule has 1 N–H and O–H groups in total. The SMILES string of the molecule is CN(Cc1ccccc1Cl)c1ccc(C(=O)O)cc1. The number of carboxylic acid groups (broad SMARTS) is 1. The fourth-order valence-electron chi connectivity index (χ4n) is 1.83. The number of anilines is 1. The lowest BCUT2D eigenvalue weighted by Gasteiger charge is -2.20. The molecule has 0 heterocycles. The third-order valence-corrected chi connectivity index (χ3v) is 3.29. The van der Waals surface area contributed by atoms with Crippen LogP contribution in [0.25, 0.3) is 0 Å². The van der Waals surface area contributed by atoms with Gasteiger partial charge in [-0.3, -0.25) is 0 Å². The molecule has 0 amide bonds. The highest BCUT2D eigenvalue weighted by Gasteiger charge is 2.07. The normalized spacial score (nSPS) is 10.2. The Kier molecular flexibility index (Phi) is 4.07. The number of halogens is 1. The van der Waals surface area contributed by atoms with Crippen molar-refractivity contribution in [1.82, 2.24) is 0 Å². The molecule has 0 fully saturated rings. The maximum atomic E-state index is 10.8. The Bertz CT molecular complexity index is 581. The molecule has 19 heavy (non-hydrogen) atoms. The van der Waals surface area contributed by atoms with Crippen LogP contribution in [-0.2, 0) is 6.54 Å². The van der Waals surface area contributed by atoms with E-state index in [9.17, 15) is 4.79 Å². The Labute approximate surface area is 117 Å². The molecule has 0 saturated carbocycles. The highest BCUT2D eigenvalue weighted by atomic mass is 35.5. The minimum atomic E-state index is -0.916. The molecule has 0 aliphatic carbocycles. The van der Waals surface area contributed by atoms with Gasteiger partial charge < -0.3 is 10.0 Å². The van der Waals surface area contributed by atoms with E-state index < -0.39 is 5.97 Å². The van der Waals surface area contributed by atoms with Gasteiger partial charge in [0.05, 0.1) is 5.56 Å². The second-order valence-corrected chi connectivity index (χ2v) is 4.71. The van der Waals surface area contributed by atoms with Crippen molar-refractivity contribution in [3.63, 3.8) is 0 Å². The lowest BCUT2D eigenvalue weighted by Crippen LogP contribution is -2.16. The third kappa shape index (κ3) is 3.26. The number of rotatable bonds is 4. The summed E-state index contributed by atoms with van der Waals surface area (Å²) in [5.41, 5.74) is 2.27. The van der Waals surface area contributed by atoms with Gasteiger partial charge in [-0.2, -0.15) is 0 Å². The van der Waals surface area contributed by atoms with E-state index in [4.69, 9.17) is 16.7 Å². The summed E-state index contributed by atoms with van der Waals surface area (Å²) in [6, 6.07) is 14.5. The predicted molar refractivity (Wildman–Crippen MR) is 77.0 cm³/mol. The van der Waals surface area contributed by atoms with Crippen LogP contribution in [0.5, 0.6) is 0 Å². The molecule has 0 radical (unpaired) electrons. The summed E-state index contributed by atoms with van der Waals surface area (Å²) in [6.07, 6.45) is 0. The van der Waals surface area contributed by atoms with Gasteiger partial charge in [0.1, 0.15) is 0 Å². The van der Waals surface area contributed by atoms with Gasteiger partial charge in [-0.05, 0) is 35.9 Å². The van der Waals surface area contributed by atoms with Crippen molar-refractivity contribution in [2.24, 2.45) is 0 Å². The minimum Gasteiger partial charge on any atom is -0.478 e. The van der Waals surface area contributed by atoms with Crippen LogP contribution < -0.4 is 4.90 Å². The first kappa shape index (κ1) is 13.4. The quantitative estimate of drug-likeness (QED) is 0.925. The first-order valence-electron chi connectivity index (χ1n) is 5.86. The standard InChI is InChI=1S/C15H14ClNO2/c1-17(10-12-4-2-3-5-14(12)16)13-8-6-11(7-9-13)15(18)19/h2-9H,10H2,1H3,(H,18,19). The van der Waals surface area contributed by atoms with Gasteiger partial charge >= 0.3 is 5.97 Å². The fraction of sp³-hybridized carbons (Fsp3) is 0.133. The molecule has 3 nitrogen and oxygen atoms in total. The Balaban J connectivity index is 2.14. The molecule has 0 spiro atoms. The van der Waals surface area contributed by atoms with Crippen molar-refractivity contribution in [2.75, 3.05) is 11.9 Å². The molecular formula is C15H14ClNO2. The molecule has 0 aliphatic rings. The van der Waals surface area contributed by atoms with E-state index >= 15 is 0 Å². The Morgan fingerprint density at radius 1 is 1.16 bits per heavy atom. The zero-order chi connectivity index (χ0) is 13.8. The van der Waals surface area contributed by atoms with Crippen LogP contribution in [0.2, 0.25) is 5.02 Å². The van der Waals surface area contributed by atoms with Gasteiger partial charge in [0, 0.05) is 24.3 Å². The molecule has 0 aromatic heterocycles. The van der Waals surface area contributed by atoms with Crippen molar-refractivity contribution in [3.05, 3.63) is 64.7 Å². The number of nitrogens with zero attached hydrogens (tertiary/aromatic N) is 1. The van der Waals surface area contributed by atoms with Gasteiger partial charge in [0.2, 0.25) is 0 Å². The summed E-state index contributed by atoms with van der Waals surface area (Å²) in [6.45, 7) is 0.673. The van der Waals surface area contributed by atoms with Crippen LogP contribution in [-0.4, -0.2) is 18.1 Å². The molecule has 0 atom stereocenters. The summed E-state index contributed by atoms with van der Waals surface area (Å²) in [4.78, 5) is 12.8. The van der Waals surface area contributed by atoms with Gasteiger partial charge in [-0.25, -0.2) is 4.79 Å². The second-order valence-electron chi connectivity index (χ2n) is 4.30. The van der Waals surface area contributed by atoms with Crippen molar-refractivity contribution in [3.8, 4) is 0 Å². The Morgan fingerprint density at radius 3 is 2.37 bits per heavy atom. The number of benzene rings is 2. The average Bonchev–Trinajstić information content (AvgIpc) is 2.41. The minimum absolute atomic E-state index is 0.287. The predicted octanol–water partition coefficient (Wildman–Crippen LogP) is 3.67. The van der Waals surface area contributed by atoms with Crippen LogP contribution >= 0.6 is 11.6 Å².